The third kappa shape index (κ3) is 4.10. The molecule has 0 bridgehead atoms. The highest BCUT2D eigenvalue weighted by Crippen LogP contribution is 2.29. The second-order valence-corrected chi connectivity index (χ2v) is 7.59. The van der Waals surface area contributed by atoms with E-state index in [1.165, 1.54) is 23.4 Å². The summed E-state index contributed by atoms with van der Waals surface area (Å²) in [5.41, 5.74) is 1.76. The Morgan fingerprint density at radius 3 is 2.62 bits per heavy atom. The molecule has 3 rings (SSSR count). The van der Waals surface area contributed by atoms with Crippen LogP contribution in [0.4, 0.5) is 5.69 Å². The van der Waals surface area contributed by atoms with E-state index in [1.54, 1.807) is 20.4 Å². The van der Waals surface area contributed by atoms with Crippen molar-refractivity contribution >= 4 is 34.4 Å². The van der Waals surface area contributed by atoms with Gasteiger partial charge in [-0.2, -0.15) is 0 Å². The second-order valence-electron chi connectivity index (χ2n) is 6.60. The first-order chi connectivity index (χ1) is 13.8. The van der Waals surface area contributed by atoms with Crippen LogP contribution in [0.5, 0.6) is 0 Å². The zero-order valence-electron chi connectivity index (χ0n) is 16.7. The molecule has 8 nitrogen and oxygen atoms in total. The number of benzene rings is 1. The number of para-hydroxylation sites is 1. The number of methoxy groups -OCH3 is 1. The molecular weight excluding hydrogens is 392 g/mol. The molecule has 0 aliphatic rings. The van der Waals surface area contributed by atoms with Gasteiger partial charge < -0.3 is 10.1 Å². The molecule has 0 unspecified atom stereocenters. The quantitative estimate of drug-likeness (QED) is 0.618. The van der Waals surface area contributed by atoms with Crippen LogP contribution in [0.3, 0.4) is 0 Å². The van der Waals surface area contributed by atoms with Crippen molar-refractivity contribution in [3.63, 3.8) is 0 Å². The topological polar surface area (TPSA) is 95.2 Å². The van der Waals surface area contributed by atoms with Gasteiger partial charge in [0.15, 0.2) is 0 Å². The molecule has 152 valence electrons. The van der Waals surface area contributed by atoms with Crippen LogP contribution < -0.4 is 16.6 Å². The average molecular weight is 414 g/mol. The summed E-state index contributed by atoms with van der Waals surface area (Å²) in [4.78, 5) is 42.4. The molecule has 0 aliphatic heterocycles. The van der Waals surface area contributed by atoms with Crippen molar-refractivity contribution in [2.45, 2.75) is 18.4 Å². The van der Waals surface area contributed by atoms with E-state index >= 15 is 0 Å². The Balaban J connectivity index is 2.00. The van der Waals surface area contributed by atoms with Crippen molar-refractivity contribution in [3.8, 4) is 0 Å². The highest BCUT2D eigenvalue weighted by Gasteiger charge is 2.18. The first-order valence-electron chi connectivity index (χ1n) is 8.90. The summed E-state index contributed by atoms with van der Waals surface area (Å²) in [7, 11) is 4.53. The minimum absolute atomic E-state index is 0.0934. The number of nitrogens with one attached hydrogen (secondary N) is 1. The van der Waals surface area contributed by atoms with E-state index in [1.807, 2.05) is 31.2 Å². The van der Waals surface area contributed by atoms with Gasteiger partial charge >= 0.3 is 5.69 Å². The molecule has 0 spiro atoms. The number of amides is 1. The van der Waals surface area contributed by atoms with E-state index in [4.69, 9.17) is 4.74 Å². The van der Waals surface area contributed by atoms with Gasteiger partial charge in [-0.25, -0.2) is 9.78 Å². The molecule has 0 atom stereocenters. The largest absolute Gasteiger partial charge is 0.380 e. The molecule has 1 N–H and O–H groups in total. The van der Waals surface area contributed by atoms with E-state index in [9.17, 15) is 14.4 Å². The maximum absolute atomic E-state index is 12.8. The second kappa shape index (κ2) is 8.62. The summed E-state index contributed by atoms with van der Waals surface area (Å²) in [5.74, 6) is -0.102. The Morgan fingerprint density at radius 1 is 1.21 bits per heavy atom. The van der Waals surface area contributed by atoms with E-state index in [-0.39, 0.29) is 23.9 Å². The van der Waals surface area contributed by atoms with Gasteiger partial charge in [-0.15, -0.1) is 11.8 Å². The number of ether oxygens (including phenoxy) is 1. The number of rotatable bonds is 6. The molecule has 0 fully saturated rings. The molecule has 3 aromatic rings. The van der Waals surface area contributed by atoms with Crippen LogP contribution >= 0.6 is 11.8 Å². The van der Waals surface area contributed by atoms with Crippen molar-refractivity contribution in [2.24, 2.45) is 14.1 Å². The van der Waals surface area contributed by atoms with Crippen LogP contribution in [-0.2, 0) is 30.2 Å². The Morgan fingerprint density at radius 2 is 1.93 bits per heavy atom. The predicted octanol–water partition coefficient (Wildman–Crippen LogP) is 1.82. The maximum Gasteiger partial charge on any atom is 0.332 e. The smallest absolute Gasteiger partial charge is 0.332 e. The SMILES string of the molecule is COCc1cnc2c(c1SCC(=O)Nc1ccccc1C)c(=O)n(C)c(=O)n2C. The molecule has 1 amide bonds. The summed E-state index contributed by atoms with van der Waals surface area (Å²) in [5, 5.41) is 3.18. The van der Waals surface area contributed by atoms with Crippen LogP contribution in [0.15, 0.2) is 44.9 Å². The van der Waals surface area contributed by atoms with Gasteiger partial charge in [0.2, 0.25) is 5.91 Å². The van der Waals surface area contributed by atoms with Crippen LogP contribution in [0.2, 0.25) is 0 Å². The Kier molecular flexibility index (Phi) is 6.19. The zero-order valence-corrected chi connectivity index (χ0v) is 17.5. The average Bonchev–Trinajstić information content (AvgIpc) is 2.71. The van der Waals surface area contributed by atoms with E-state index in [2.05, 4.69) is 10.3 Å². The summed E-state index contributed by atoms with van der Waals surface area (Å²) in [6, 6.07) is 7.51. The minimum Gasteiger partial charge on any atom is -0.380 e. The van der Waals surface area contributed by atoms with Crippen LogP contribution in [-0.4, -0.2) is 32.9 Å². The summed E-state index contributed by atoms with van der Waals surface area (Å²) >= 11 is 1.23. The molecular formula is C20H22N4O4S. The lowest BCUT2D eigenvalue weighted by Crippen LogP contribution is -2.37. The Hall–Kier alpha value is -2.91. The van der Waals surface area contributed by atoms with Gasteiger partial charge in [0.25, 0.3) is 5.56 Å². The maximum atomic E-state index is 12.8. The molecule has 0 radical (unpaired) electrons. The first kappa shape index (κ1) is 20.8. The van der Waals surface area contributed by atoms with Gasteiger partial charge in [0, 0.05) is 43.5 Å². The number of aromatic nitrogens is 3. The Labute approximate surface area is 171 Å². The number of aryl methyl sites for hydroxylation is 2. The molecule has 9 heteroatoms. The van der Waals surface area contributed by atoms with Crippen molar-refractivity contribution < 1.29 is 9.53 Å². The normalized spacial score (nSPS) is 11.0. The molecule has 0 aliphatic carbocycles. The summed E-state index contributed by atoms with van der Waals surface area (Å²) in [6.07, 6.45) is 1.58. The fourth-order valence-corrected chi connectivity index (χ4v) is 3.97. The number of anilines is 1. The van der Waals surface area contributed by atoms with Gasteiger partial charge in [0.1, 0.15) is 5.65 Å². The molecule has 29 heavy (non-hydrogen) atoms. The fourth-order valence-electron chi connectivity index (χ4n) is 3.00. The molecule has 2 aromatic heterocycles. The number of carbonyl (C=O) groups is 1. The minimum atomic E-state index is -0.456. The third-order valence-electron chi connectivity index (χ3n) is 4.56. The van der Waals surface area contributed by atoms with E-state index in [0.717, 1.165) is 15.8 Å². The predicted molar refractivity (Wildman–Crippen MR) is 113 cm³/mol. The molecule has 2 heterocycles. The number of carbonyl (C=O) groups excluding carboxylic acids is 1. The van der Waals surface area contributed by atoms with Gasteiger partial charge in [0.05, 0.1) is 17.7 Å². The number of thioether (sulfide) groups is 1. The lowest BCUT2D eigenvalue weighted by Gasteiger charge is -2.14. The van der Waals surface area contributed by atoms with Gasteiger partial charge in [-0.3, -0.25) is 18.7 Å². The van der Waals surface area contributed by atoms with Crippen molar-refractivity contribution in [3.05, 3.63) is 62.4 Å². The van der Waals surface area contributed by atoms with Crippen LogP contribution in [0.25, 0.3) is 11.0 Å². The molecule has 0 saturated carbocycles. The van der Waals surface area contributed by atoms with Crippen LogP contribution in [0.1, 0.15) is 11.1 Å². The van der Waals surface area contributed by atoms with E-state index < -0.39 is 11.2 Å². The number of hydrogen-bond acceptors (Lipinski definition) is 6. The van der Waals surface area contributed by atoms with Gasteiger partial charge in [-0.05, 0) is 18.6 Å². The Bertz CT molecular complexity index is 1200. The van der Waals surface area contributed by atoms with Crippen molar-refractivity contribution in [1.29, 1.82) is 0 Å². The standard InChI is InChI=1S/C20H22N4O4S/c1-12-7-5-6-8-14(12)22-15(25)11-29-17-13(10-28-4)9-21-18-16(17)19(26)24(3)20(27)23(18)2/h5-9H,10-11H2,1-4H3,(H,22,25). The van der Waals surface area contributed by atoms with Crippen molar-refractivity contribution in [2.75, 3.05) is 18.2 Å². The molecule has 1 aromatic carbocycles. The number of fused-ring (bicyclic) bond motifs is 1. The lowest BCUT2D eigenvalue weighted by molar-refractivity contribution is -0.113. The zero-order chi connectivity index (χ0) is 21.1. The van der Waals surface area contributed by atoms with Gasteiger partial charge in [-0.1, -0.05) is 18.2 Å². The summed E-state index contributed by atoms with van der Waals surface area (Å²) in [6.45, 7) is 2.15. The van der Waals surface area contributed by atoms with E-state index in [0.29, 0.717) is 15.8 Å². The summed E-state index contributed by atoms with van der Waals surface area (Å²) < 4.78 is 7.59. The molecule has 0 saturated heterocycles. The number of hydrogen-bond donors (Lipinski definition) is 1. The highest BCUT2D eigenvalue weighted by atomic mass is 32.2. The highest BCUT2D eigenvalue weighted by molar-refractivity contribution is 8.00. The van der Waals surface area contributed by atoms with Crippen LogP contribution in [0, 0.1) is 6.92 Å². The first-order valence-corrected chi connectivity index (χ1v) is 9.88. The number of pyridine rings is 1. The monoisotopic (exact) mass is 414 g/mol. The lowest BCUT2D eigenvalue weighted by atomic mass is 10.2. The fraction of sp³-hybridized carbons (Fsp3) is 0.300. The number of nitrogens with zero attached hydrogens (tertiary/aromatic N) is 3. The van der Waals surface area contributed by atoms with Crippen molar-refractivity contribution in [1.82, 2.24) is 14.1 Å². The third-order valence-corrected chi connectivity index (χ3v) is 5.72.